The molecule has 1 aromatic carbocycles. The molecule has 1 aliphatic heterocycles. The predicted octanol–water partition coefficient (Wildman–Crippen LogP) is 2.81. The van der Waals surface area contributed by atoms with Gasteiger partial charge < -0.3 is 20.3 Å². The largest absolute Gasteiger partial charge is 0.477 e. The first kappa shape index (κ1) is 19.9. The maximum Gasteiger partial charge on any atom is 0.341 e. The number of rotatable bonds is 3. The molecule has 1 saturated heterocycles. The quantitative estimate of drug-likeness (QED) is 0.671. The molecule has 9 heteroatoms. The van der Waals surface area contributed by atoms with Gasteiger partial charge in [-0.25, -0.2) is 9.18 Å². The Morgan fingerprint density at radius 2 is 2.15 bits per heavy atom. The number of hydrogen-bond acceptors (Lipinski definition) is 4. The Balaban J connectivity index is 0.00000210. The molecule has 27 heavy (non-hydrogen) atoms. The van der Waals surface area contributed by atoms with Gasteiger partial charge in [-0.15, -0.1) is 24.0 Å². The van der Waals surface area contributed by atoms with E-state index in [9.17, 15) is 9.59 Å². The number of halogens is 3. The number of nitrogens with zero attached hydrogens (tertiary/aromatic N) is 1. The number of hydrogen-bond donors (Lipinski definition) is 3. The number of nitrogens with one attached hydrogen (secondary N) is 2. The number of anilines is 1. The summed E-state index contributed by atoms with van der Waals surface area (Å²) >= 11 is 6.69. The van der Waals surface area contributed by atoms with Gasteiger partial charge in [0.15, 0.2) is 0 Å². The average molecular weight is 416 g/mol. The van der Waals surface area contributed by atoms with Crippen LogP contribution in [0.25, 0.3) is 10.9 Å². The lowest BCUT2D eigenvalue weighted by Gasteiger charge is -2.36. The van der Waals surface area contributed by atoms with Crippen molar-refractivity contribution in [1.29, 1.82) is 0 Å². The van der Waals surface area contributed by atoms with Gasteiger partial charge in [-0.1, -0.05) is 0 Å². The molecule has 1 aliphatic carbocycles. The lowest BCUT2D eigenvalue weighted by molar-refractivity contribution is 0.0695. The topological polar surface area (TPSA) is 85.4 Å². The molecular formula is C18H20Cl2FN3O3. The van der Waals surface area contributed by atoms with Crippen LogP contribution >= 0.6 is 24.0 Å². The lowest BCUT2D eigenvalue weighted by atomic mass is 9.99. The number of carboxylic acids is 1. The molecule has 0 spiro atoms. The van der Waals surface area contributed by atoms with Gasteiger partial charge in [0.05, 0.1) is 16.1 Å². The Morgan fingerprint density at radius 3 is 2.74 bits per heavy atom. The van der Waals surface area contributed by atoms with Crippen molar-refractivity contribution in [2.75, 3.05) is 24.5 Å². The highest BCUT2D eigenvalue weighted by Gasteiger charge is 2.47. The van der Waals surface area contributed by atoms with Crippen LogP contribution in [-0.2, 0) is 4.87 Å². The van der Waals surface area contributed by atoms with Crippen molar-refractivity contribution in [2.45, 2.75) is 30.7 Å². The summed E-state index contributed by atoms with van der Waals surface area (Å²) in [6, 6.07) is 1.33. The average Bonchev–Trinajstić information content (AvgIpc) is 3.33. The van der Waals surface area contributed by atoms with Crippen LogP contribution < -0.4 is 15.6 Å². The summed E-state index contributed by atoms with van der Waals surface area (Å²) in [5.41, 5.74) is 0.294. The van der Waals surface area contributed by atoms with E-state index in [2.05, 4.69) is 10.3 Å². The molecule has 3 N–H and O–H groups in total. The van der Waals surface area contributed by atoms with E-state index in [4.69, 9.17) is 16.7 Å². The number of H-pyrrole nitrogens is 1. The van der Waals surface area contributed by atoms with E-state index < -0.39 is 27.7 Å². The number of carbonyl (C=O) groups is 1. The van der Waals surface area contributed by atoms with Gasteiger partial charge >= 0.3 is 5.97 Å². The van der Waals surface area contributed by atoms with E-state index in [1.54, 1.807) is 0 Å². The van der Waals surface area contributed by atoms with Gasteiger partial charge in [0.25, 0.3) is 0 Å². The number of piperazine rings is 1. The third-order valence-corrected chi connectivity index (χ3v) is 5.72. The fourth-order valence-corrected chi connectivity index (χ4v) is 4.00. The van der Waals surface area contributed by atoms with Crippen molar-refractivity contribution in [2.24, 2.45) is 0 Å². The van der Waals surface area contributed by atoms with E-state index in [1.807, 2.05) is 11.8 Å². The third-order valence-electron chi connectivity index (χ3n) is 5.16. The number of carboxylic acid groups (broad SMARTS) is 1. The zero-order valence-corrected chi connectivity index (χ0v) is 16.2. The van der Waals surface area contributed by atoms with Crippen LogP contribution in [0.3, 0.4) is 0 Å². The number of benzene rings is 1. The smallest absolute Gasteiger partial charge is 0.341 e. The fraction of sp³-hybridized carbons (Fsp3) is 0.444. The molecule has 2 fully saturated rings. The molecule has 2 aromatic rings. The lowest BCUT2D eigenvalue weighted by Crippen LogP contribution is -2.50. The number of aromatic nitrogens is 1. The minimum atomic E-state index is -1.35. The van der Waals surface area contributed by atoms with Gasteiger partial charge in [0.1, 0.15) is 11.4 Å². The molecular weight excluding hydrogens is 396 g/mol. The second kappa shape index (κ2) is 6.96. The van der Waals surface area contributed by atoms with Crippen LogP contribution in [0.1, 0.15) is 35.7 Å². The summed E-state index contributed by atoms with van der Waals surface area (Å²) in [6.07, 6.45) is 2.54. The number of aromatic amines is 1. The van der Waals surface area contributed by atoms with Crippen molar-refractivity contribution < 1.29 is 14.3 Å². The maximum absolute atomic E-state index is 15.1. The first-order valence-corrected chi connectivity index (χ1v) is 8.98. The molecule has 6 nitrogen and oxygen atoms in total. The highest BCUT2D eigenvalue weighted by atomic mass is 35.5. The summed E-state index contributed by atoms with van der Waals surface area (Å²) in [7, 11) is 0. The normalized spacial score (nSPS) is 21.0. The molecule has 0 amide bonds. The number of pyridine rings is 1. The molecule has 2 heterocycles. The zero-order valence-electron chi connectivity index (χ0n) is 14.6. The minimum absolute atomic E-state index is 0. The monoisotopic (exact) mass is 415 g/mol. The molecule has 0 bridgehead atoms. The SMILES string of the molecule is CC1CN(c2c(F)cc3c(=O)c(C(=O)O)c[nH]c3c2C2(Cl)CC2)CCN1.Cl. The first-order chi connectivity index (χ1) is 12.3. The van der Waals surface area contributed by atoms with E-state index >= 15 is 4.39 Å². The van der Waals surface area contributed by atoms with Crippen LogP contribution in [-0.4, -0.2) is 41.7 Å². The van der Waals surface area contributed by atoms with Crippen molar-refractivity contribution in [3.8, 4) is 0 Å². The van der Waals surface area contributed by atoms with E-state index in [0.717, 1.165) is 12.6 Å². The van der Waals surface area contributed by atoms with E-state index in [-0.39, 0.29) is 23.8 Å². The molecule has 4 rings (SSSR count). The third kappa shape index (κ3) is 3.28. The predicted molar refractivity (Wildman–Crippen MR) is 105 cm³/mol. The summed E-state index contributed by atoms with van der Waals surface area (Å²) in [5, 5.41) is 12.5. The van der Waals surface area contributed by atoms with Gasteiger partial charge in [-0.05, 0) is 25.8 Å². The Morgan fingerprint density at radius 1 is 1.44 bits per heavy atom. The number of alkyl halides is 1. The maximum atomic E-state index is 15.1. The highest BCUT2D eigenvalue weighted by Crippen LogP contribution is 2.56. The molecule has 1 atom stereocenters. The number of fused-ring (bicyclic) bond motifs is 1. The molecule has 1 aromatic heterocycles. The zero-order chi connectivity index (χ0) is 18.6. The van der Waals surface area contributed by atoms with E-state index in [0.29, 0.717) is 42.7 Å². The van der Waals surface area contributed by atoms with Crippen LogP contribution in [0.2, 0.25) is 0 Å². The minimum Gasteiger partial charge on any atom is -0.477 e. The van der Waals surface area contributed by atoms with E-state index in [1.165, 1.54) is 6.20 Å². The second-order valence-corrected chi connectivity index (χ2v) is 7.83. The first-order valence-electron chi connectivity index (χ1n) is 8.61. The van der Waals surface area contributed by atoms with Crippen LogP contribution in [0.5, 0.6) is 0 Å². The highest BCUT2D eigenvalue weighted by molar-refractivity contribution is 6.27. The van der Waals surface area contributed by atoms with Crippen molar-refractivity contribution in [3.63, 3.8) is 0 Å². The van der Waals surface area contributed by atoms with Gasteiger partial charge in [-0.2, -0.15) is 0 Å². The number of aromatic carboxylic acids is 1. The molecule has 1 unspecified atom stereocenters. The molecule has 1 saturated carbocycles. The summed E-state index contributed by atoms with van der Waals surface area (Å²) in [4.78, 5) is 27.9. The Hall–Kier alpha value is -1.83. The van der Waals surface area contributed by atoms with Crippen LogP contribution in [0.4, 0.5) is 10.1 Å². The molecule has 0 radical (unpaired) electrons. The standard InChI is InChI=1S/C18H19ClFN3O3.ClH/c1-9-8-23(5-4-21-9)15-12(20)6-10-14(13(15)18(19)2-3-18)22-7-11(16(10)24)17(25)26;/h6-7,9,21H,2-5,8H2,1H3,(H,22,24)(H,25,26);1H. The van der Waals surface area contributed by atoms with Crippen LogP contribution in [0, 0.1) is 5.82 Å². The summed E-state index contributed by atoms with van der Waals surface area (Å²) in [6.45, 7) is 4.01. The molecule has 2 aliphatic rings. The van der Waals surface area contributed by atoms with Crippen molar-refractivity contribution in [3.05, 3.63) is 39.4 Å². The van der Waals surface area contributed by atoms with Gasteiger partial charge in [0.2, 0.25) is 5.43 Å². The second-order valence-electron chi connectivity index (χ2n) is 7.11. The summed E-state index contributed by atoms with van der Waals surface area (Å²) in [5.74, 6) is -1.89. The van der Waals surface area contributed by atoms with Crippen molar-refractivity contribution >= 4 is 46.6 Å². The fourth-order valence-electron chi connectivity index (χ4n) is 3.72. The van der Waals surface area contributed by atoms with Gasteiger partial charge in [0, 0.05) is 42.8 Å². The van der Waals surface area contributed by atoms with Crippen molar-refractivity contribution in [1.82, 2.24) is 10.3 Å². The van der Waals surface area contributed by atoms with Gasteiger partial charge in [-0.3, -0.25) is 4.79 Å². The Kier molecular flexibility index (Phi) is 5.14. The molecule has 146 valence electrons. The summed E-state index contributed by atoms with van der Waals surface area (Å²) < 4.78 is 15.1. The Labute approximate surface area is 166 Å². The Bertz CT molecular complexity index is 974. The van der Waals surface area contributed by atoms with Crippen LogP contribution in [0.15, 0.2) is 17.1 Å².